The Hall–Kier alpha value is -1.88. The van der Waals surface area contributed by atoms with E-state index in [1.165, 1.54) is 12.8 Å². The van der Waals surface area contributed by atoms with Crippen LogP contribution in [0.3, 0.4) is 0 Å². The molecule has 0 aliphatic carbocycles. The van der Waals surface area contributed by atoms with Gasteiger partial charge in [-0.15, -0.1) is 0 Å². The van der Waals surface area contributed by atoms with Gasteiger partial charge in [0.05, 0.1) is 13.7 Å². The Kier molecular flexibility index (Phi) is 3.92. The Morgan fingerprint density at radius 1 is 1.43 bits per heavy atom. The fourth-order valence-electron chi connectivity index (χ4n) is 2.73. The van der Waals surface area contributed by atoms with Gasteiger partial charge in [-0.25, -0.2) is 0 Å². The van der Waals surface area contributed by atoms with Gasteiger partial charge >= 0.3 is 0 Å². The van der Waals surface area contributed by atoms with E-state index in [4.69, 9.17) is 9.26 Å². The molecule has 112 valence electrons. The third kappa shape index (κ3) is 2.78. The van der Waals surface area contributed by atoms with E-state index in [1.807, 2.05) is 25.1 Å². The lowest BCUT2D eigenvalue weighted by Gasteiger charge is -2.39. The van der Waals surface area contributed by atoms with E-state index >= 15 is 0 Å². The fourth-order valence-corrected chi connectivity index (χ4v) is 2.73. The zero-order valence-corrected chi connectivity index (χ0v) is 12.8. The summed E-state index contributed by atoms with van der Waals surface area (Å²) in [5.41, 5.74) is 2.01. The number of aromatic nitrogens is 2. The van der Waals surface area contributed by atoms with E-state index in [0.29, 0.717) is 17.8 Å². The topological polar surface area (TPSA) is 51.4 Å². The van der Waals surface area contributed by atoms with Crippen molar-refractivity contribution in [3.05, 3.63) is 29.7 Å². The van der Waals surface area contributed by atoms with Gasteiger partial charge in [-0.2, -0.15) is 4.98 Å². The maximum Gasteiger partial charge on any atom is 0.241 e. The predicted molar refractivity (Wildman–Crippen MR) is 80.1 cm³/mol. The van der Waals surface area contributed by atoms with Crippen LogP contribution in [-0.2, 0) is 6.54 Å². The summed E-state index contributed by atoms with van der Waals surface area (Å²) in [6.45, 7) is 6.09. The number of ether oxygens (including phenoxy) is 1. The highest BCUT2D eigenvalue weighted by Gasteiger charge is 2.27. The fraction of sp³-hybridized carbons (Fsp3) is 0.500. The van der Waals surface area contributed by atoms with Crippen molar-refractivity contribution < 1.29 is 9.26 Å². The summed E-state index contributed by atoms with van der Waals surface area (Å²) in [6.07, 6.45) is 2.45. The first-order valence-corrected chi connectivity index (χ1v) is 7.43. The van der Waals surface area contributed by atoms with Gasteiger partial charge in [0.25, 0.3) is 0 Å². The SMILES string of the molecule is CC[C@@H]1CCN1Cc1nc(-c2ccc(C)c(OC)c2)no1. The maximum absolute atomic E-state index is 5.38. The largest absolute Gasteiger partial charge is 0.496 e. The Morgan fingerprint density at radius 2 is 2.29 bits per heavy atom. The number of aryl methyl sites for hydroxylation is 1. The monoisotopic (exact) mass is 287 g/mol. The lowest BCUT2D eigenvalue weighted by molar-refractivity contribution is 0.0668. The Bertz CT molecular complexity index is 622. The second-order valence-corrected chi connectivity index (χ2v) is 5.52. The normalized spacial score (nSPS) is 18.5. The molecule has 1 saturated heterocycles. The van der Waals surface area contributed by atoms with Gasteiger partial charge in [0.2, 0.25) is 11.7 Å². The second-order valence-electron chi connectivity index (χ2n) is 5.52. The van der Waals surface area contributed by atoms with Crippen molar-refractivity contribution in [1.82, 2.24) is 15.0 Å². The van der Waals surface area contributed by atoms with Crippen LogP contribution in [0.5, 0.6) is 5.75 Å². The molecular formula is C16H21N3O2. The number of hydrogen-bond donors (Lipinski definition) is 0. The van der Waals surface area contributed by atoms with Crippen molar-refractivity contribution in [2.45, 2.75) is 39.3 Å². The standard InChI is InChI=1S/C16H21N3O2/c1-4-13-7-8-19(13)10-15-17-16(18-21-15)12-6-5-11(2)14(9-12)20-3/h5-6,9,13H,4,7-8,10H2,1-3H3/t13-/m1/s1. The summed E-state index contributed by atoms with van der Waals surface area (Å²) >= 11 is 0. The second kappa shape index (κ2) is 5.85. The summed E-state index contributed by atoms with van der Waals surface area (Å²) in [6, 6.07) is 6.61. The first-order chi connectivity index (χ1) is 10.2. The Labute approximate surface area is 124 Å². The van der Waals surface area contributed by atoms with Gasteiger partial charge in [0, 0.05) is 18.2 Å². The van der Waals surface area contributed by atoms with Crippen LogP contribution in [0, 0.1) is 6.92 Å². The predicted octanol–water partition coefficient (Wildman–Crippen LogP) is 3.04. The van der Waals surface area contributed by atoms with Crippen LogP contribution in [0.2, 0.25) is 0 Å². The molecule has 1 aliphatic heterocycles. The van der Waals surface area contributed by atoms with Gasteiger partial charge in [-0.3, -0.25) is 4.90 Å². The smallest absolute Gasteiger partial charge is 0.241 e. The molecular weight excluding hydrogens is 266 g/mol. The molecule has 5 nitrogen and oxygen atoms in total. The zero-order valence-electron chi connectivity index (χ0n) is 12.8. The third-order valence-electron chi connectivity index (χ3n) is 4.21. The van der Waals surface area contributed by atoms with Crippen LogP contribution in [0.4, 0.5) is 0 Å². The molecule has 2 aromatic rings. The Balaban J connectivity index is 1.75. The van der Waals surface area contributed by atoms with Crippen LogP contribution in [0.15, 0.2) is 22.7 Å². The van der Waals surface area contributed by atoms with Gasteiger partial charge in [-0.05, 0) is 31.4 Å². The minimum absolute atomic E-state index is 0.622. The Morgan fingerprint density at radius 3 is 2.95 bits per heavy atom. The van der Waals surface area contributed by atoms with E-state index in [0.717, 1.165) is 30.0 Å². The number of methoxy groups -OCH3 is 1. The molecule has 0 bridgehead atoms. The van der Waals surface area contributed by atoms with Crippen LogP contribution < -0.4 is 4.74 Å². The van der Waals surface area contributed by atoms with Gasteiger partial charge in [0.1, 0.15) is 5.75 Å². The molecule has 3 rings (SSSR count). The minimum atomic E-state index is 0.622. The number of likely N-dealkylation sites (tertiary alicyclic amines) is 1. The molecule has 1 aliphatic rings. The first-order valence-electron chi connectivity index (χ1n) is 7.43. The molecule has 0 spiro atoms. The highest BCUT2D eigenvalue weighted by Crippen LogP contribution is 2.26. The van der Waals surface area contributed by atoms with E-state index in [1.54, 1.807) is 7.11 Å². The maximum atomic E-state index is 5.38. The van der Waals surface area contributed by atoms with Gasteiger partial charge < -0.3 is 9.26 Å². The summed E-state index contributed by atoms with van der Waals surface area (Å²) in [5.74, 6) is 2.15. The summed E-state index contributed by atoms with van der Waals surface area (Å²) in [7, 11) is 1.67. The van der Waals surface area contributed by atoms with Crippen LogP contribution in [0.25, 0.3) is 11.4 Å². The molecule has 1 atom stereocenters. The molecule has 1 aromatic heterocycles. The van der Waals surface area contributed by atoms with Crippen molar-refractivity contribution in [3.8, 4) is 17.1 Å². The molecule has 0 N–H and O–H groups in total. The van der Waals surface area contributed by atoms with Crippen molar-refractivity contribution in [3.63, 3.8) is 0 Å². The molecule has 21 heavy (non-hydrogen) atoms. The summed E-state index contributed by atoms with van der Waals surface area (Å²) in [5, 5.41) is 4.09. The molecule has 5 heteroatoms. The van der Waals surface area contributed by atoms with E-state index in [-0.39, 0.29) is 0 Å². The molecule has 1 aromatic carbocycles. The number of benzene rings is 1. The van der Waals surface area contributed by atoms with Crippen molar-refractivity contribution in [2.75, 3.05) is 13.7 Å². The zero-order chi connectivity index (χ0) is 14.8. The average molecular weight is 287 g/mol. The third-order valence-corrected chi connectivity index (χ3v) is 4.21. The van der Waals surface area contributed by atoms with Crippen LogP contribution in [-0.4, -0.2) is 34.7 Å². The van der Waals surface area contributed by atoms with Crippen molar-refractivity contribution in [2.24, 2.45) is 0 Å². The van der Waals surface area contributed by atoms with Crippen LogP contribution >= 0.6 is 0 Å². The highest BCUT2D eigenvalue weighted by molar-refractivity contribution is 5.58. The van der Waals surface area contributed by atoms with E-state index in [2.05, 4.69) is 22.0 Å². The number of nitrogens with zero attached hydrogens (tertiary/aromatic N) is 3. The molecule has 1 fully saturated rings. The summed E-state index contributed by atoms with van der Waals surface area (Å²) < 4.78 is 10.7. The quantitative estimate of drug-likeness (QED) is 0.846. The first kappa shape index (κ1) is 14.1. The molecule has 0 amide bonds. The van der Waals surface area contributed by atoms with Crippen molar-refractivity contribution >= 4 is 0 Å². The van der Waals surface area contributed by atoms with Gasteiger partial charge in [0.15, 0.2) is 0 Å². The van der Waals surface area contributed by atoms with Gasteiger partial charge in [-0.1, -0.05) is 24.2 Å². The van der Waals surface area contributed by atoms with Crippen molar-refractivity contribution in [1.29, 1.82) is 0 Å². The van der Waals surface area contributed by atoms with E-state index in [9.17, 15) is 0 Å². The number of rotatable bonds is 5. The highest BCUT2D eigenvalue weighted by atomic mass is 16.5. The molecule has 0 saturated carbocycles. The summed E-state index contributed by atoms with van der Waals surface area (Å²) in [4.78, 5) is 6.88. The van der Waals surface area contributed by atoms with Crippen LogP contribution in [0.1, 0.15) is 31.2 Å². The lowest BCUT2D eigenvalue weighted by Crippen LogP contribution is -2.46. The van der Waals surface area contributed by atoms with E-state index < -0.39 is 0 Å². The lowest BCUT2D eigenvalue weighted by atomic mass is 10.0. The molecule has 2 heterocycles. The molecule has 0 unspecified atom stereocenters. The minimum Gasteiger partial charge on any atom is -0.496 e. The molecule has 0 radical (unpaired) electrons. The number of hydrogen-bond acceptors (Lipinski definition) is 5. The average Bonchev–Trinajstić information content (AvgIpc) is 2.93.